The van der Waals surface area contributed by atoms with Crippen LogP contribution in [0.4, 0.5) is 11.4 Å². The number of benzene rings is 4. The van der Waals surface area contributed by atoms with E-state index in [0.29, 0.717) is 33.6 Å². The summed E-state index contributed by atoms with van der Waals surface area (Å²) in [5.74, 6) is -0.649. The molecule has 0 bridgehead atoms. The lowest BCUT2D eigenvalue weighted by Gasteiger charge is -2.03. The molecule has 10 heteroatoms. The van der Waals surface area contributed by atoms with E-state index in [1.807, 2.05) is 12.1 Å². The Morgan fingerprint density at radius 1 is 0.447 bits per heavy atom. The molecule has 0 atom stereocenters. The third-order valence-corrected chi connectivity index (χ3v) is 6.25. The fourth-order valence-corrected chi connectivity index (χ4v) is 3.95. The van der Waals surface area contributed by atoms with Gasteiger partial charge in [-0.05, 0) is 48.5 Å². The van der Waals surface area contributed by atoms with Crippen molar-refractivity contribution in [3.05, 3.63) is 131 Å². The molecule has 4 aromatic carbocycles. The highest BCUT2D eigenvalue weighted by molar-refractivity contribution is 8.13. The van der Waals surface area contributed by atoms with Crippen molar-refractivity contribution in [1.29, 1.82) is 0 Å². The summed E-state index contributed by atoms with van der Waals surface area (Å²) >= 11 is 1.53. The SMILES string of the molecule is Nc1ccc(C(=O)NSC(=O)c2ccccc2)cc1.Nc1ccc(C(=O)NSC(=O)c2ccccc2)cc1. The quantitative estimate of drug-likeness (QED) is 0.208. The van der Waals surface area contributed by atoms with Gasteiger partial charge in [-0.1, -0.05) is 60.7 Å². The van der Waals surface area contributed by atoms with Gasteiger partial charge in [0.15, 0.2) is 0 Å². The zero-order chi connectivity index (χ0) is 27.3. The van der Waals surface area contributed by atoms with Gasteiger partial charge in [0.25, 0.3) is 11.8 Å². The number of nitrogens with two attached hydrogens (primary N) is 2. The summed E-state index contributed by atoms with van der Waals surface area (Å²) in [5.41, 5.74) is 14.3. The number of rotatable bonds is 4. The molecule has 192 valence electrons. The van der Waals surface area contributed by atoms with Crippen LogP contribution >= 0.6 is 23.9 Å². The van der Waals surface area contributed by atoms with Gasteiger partial charge in [0.2, 0.25) is 10.2 Å². The van der Waals surface area contributed by atoms with Crippen molar-refractivity contribution in [3.63, 3.8) is 0 Å². The fourth-order valence-electron chi connectivity index (χ4n) is 2.84. The van der Waals surface area contributed by atoms with E-state index in [9.17, 15) is 19.2 Å². The molecule has 0 aliphatic heterocycles. The van der Waals surface area contributed by atoms with E-state index in [1.165, 1.54) is 0 Å². The lowest BCUT2D eigenvalue weighted by molar-refractivity contribution is 0.0973. The third-order valence-electron chi connectivity index (χ3n) is 4.84. The van der Waals surface area contributed by atoms with Crippen LogP contribution < -0.4 is 20.9 Å². The van der Waals surface area contributed by atoms with Crippen molar-refractivity contribution < 1.29 is 19.2 Å². The van der Waals surface area contributed by atoms with E-state index in [2.05, 4.69) is 9.44 Å². The summed E-state index contributed by atoms with van der Waals surface area (Å²) in [7, 11) is 0. The monoisotopic (exact) mass is 544 g/mol. The molecule has 8 nitrogen and oxygen atoms in total. The summed E-state index contributed by atoms with van der Waals surface area (Å²) in [6.07, 6.45) is 0. The topological polar surface area (TPSA) is 144 Å². The van der Waals surface area contributed by atoms with Crippen molar-refractivity contribution in [2.75, 3.05) is 11.5 Å². The standard InChI is InChI=1S/2C14H12N2O2S/c2*15-12-8-6-10(7-9-12)13(17)16-19-14(18)11-4-2-1-3-5-11/h2*1-9H,15H2,(H,16,17). The summed E-state index contributed by atoms with van der Waals surface area (Å²) in [5, 5.41) is -0.409. The lowest BCUT2D eigenvalue weighted by atomic mass is 10.2. The average molecular weight is 545 g/mol. The minimum absolute atomic E-state index is 0.204. The van der Waals surface area contributed by atoms with Gasteiger partial charge in [-0.25, -0.2) is 0 Å². The summed E-state index contributed by atoms with van der Waals surface area (Å²) in [6, 6.07) is 30.5. The first kappa shape index (κ1) is 28.0. The molecule has 2 amide bonds. The largest absolute Gasteiger partial charge is 0.399 e. The Hall–Kier alpha value is -4.54. The molecule has 0 heterocycles. The van der Waals surface area contributed by atoms with Gasteiger partial charge in [0, 0.05) is 57.5 Å². The smallest absolute Gasteiger partial charge is 0.261 e. The van der Waals surface area contributed by atoms with Gasteiger partial charge >= 0.3 is 0 Å². The van der Waals surface area contributed by atoms with Gasteiger partial charge in [-0.2, -0.15) is 0 Å². The Bertz CT molecular complexity index is 1270. The van der Waals surface area contributed by atoms with Crippen LogP contribution in [0.2, 0.25) is 0 Å². The van der Waals surface area contributed by atoms with Crippen LogP contribution in [0.5, 0.6) is 0 Å². The molecule has 0 aliphatic carbocycles. The Kier molecular flexibility index (Phi) is 10.5. The number of hydrogen-bond acceptors (Lipinski definition) is 8. The molecular formula is C28H24N4O4S2. The first-order chi connectivity index (χ1) is 18.3. The van der Waals surface area contributed by atoms with Crippen molar-refractivity contribution in [1.82, 2.24) is 9.44 Å². The Balaban J connectivity index is 0.000000211. The molecule has 4 aromatic rings. The van der Waals surface area contributed by atoms with E-state index in [-0.39, 0.29) is 22.0 Å². The predicted molar refractivity (Wildman–Crippen MR) is 153 cm³/mol. The Labute approximate surface area is 228 Å². The van der Waals surface area contributed by atoms with Crippen LogP contribution in [0.3, 0.4) is 0 Å². The van der Waals surface area contributed by atoms with Crippen molar-refractivity contribution >= 4 is 57.3 Å². The molecule has 38 heavy (non-hydrogen) atoms. The van der Waals surface area contributed by atoms with Crippen LogP contribution in [0.15, 0.2) is 109 Å². The van der Waals surface area contributed by atoms with Crippen LogP contribution in [-0.2, 0) is 0 Å². The molecule has 0 aliphatic rings. The van der Waals surface area contributed by atoms with Gasteiger partial charge < -0.3 is 11.5 Å². The molecule has 0 fully saturated rings. The maximum Gasteiger partial charge on any atom is 0.261 e. The molecule has 4 rings (SSSR count). The van der Waals surface area contributed by atoms with E-state index in [1.54, 1.807) is 97.1 Å². The summed E-state index contributed by atoms with van der Waals surface area (Å²) in [6.45, 7) is 0. The first-order valence-electron chi connectivity index (χ1n) is 11.2. The van der Waals surface area contributed by atoms with Gasteiger partial charge in [-0.15, -0.1) is 0 Å². The Morgan fingerprint density at radius 3 is 1.08 bits per heavy atom. The predicted octanol–water partition coefficient (Wildman–Crippen LogP) is 4.97. The lowest BCUT2D eigenvalue weighted by Crippen LogP contribution is -2.18. The molecular weight excluding hydrogens is 520 g/mol. The normalized spacial score (nSPS) is 9.89. The van der Waals surface area contributed by atoms with Crippen LogP contribution in [-0.4, -0.2) is 22.0 Å². The fraction of sp³-hybridized carbons (Fsp3) is 0. The average Bonchev–Trinajstić information content (AvgIpc) is 2.96. The highest BCUT2D eigenvalue weighted by Crippen LogP contribution is 2.12. The minimum Gasteiger partial charge on any atom is -0.399 e. The maximum atomic E-state index is 11.8. The molecule has 0 aromatic heterocycles. The molecule has 0 saturated carbocycles. The van der Waals surface area contributed by atoms with Crippen LogP contribution in [0, 0.1) is 0 Å². The molecule has 6 N–H and O–H groups in total. The second kappa shape index (κ2) is 14.3. The van der Waals surface area contributed by atoms with Gasteiger partial charge in [0.1, 0.15) is 0 Å². The number of nitrogen functional groups attached to an aromatic ring is 2. The minimum atomic E-state index is -0.325. The molecule has 0 saturated heterocycles. The number of anilines is 2. The number of hydrogen-bond donors (Lipinski definition) is 4. The molecule has 0 radical (unpaired) electrons. The molecule has 0 spiro atoms. The zero-order valence-corrected chi connectivity index (χ0v) is 21.6. The van der Waals surface area contributed by atoms with Crippen molar-refractivity contribution in [2.45, 2.75) is 0 Å². The van der Waals surface area contributed by atoms with Crippen molar-refractivity contribution in [3.8, 4) is 0 Å². The third kappa shape index (κ3) is 8.84. The summed E-state index contributed by atoms with van der Waals surface area (Å²) in [4.78, 5) is 47.1. The number of carbonyl (C=O) groups excluding carboxylic acids is 4. The van der Waals surface area contributed by atoms with Crippen LogP contribution in [0.25, 0.3) is 0 Å². The number of carbonyl (C=O) groups is 4. The van der Waals surface area contributed by atoms with Crippen LogP contribution in [0.1, 0.15) is 41.4 Å². The van der Waals surface area contributed by atoms with E-state index in [4.69, 9.17) is 11.5 Å². The van der Waals surface area contributed by atoms with E-state index < -0.39 is 0 Å². The second-order valence-electron chi connectivity index (χ2n) is 7.62. The first-order valence-corrected chi connectivity index (χ1v) is 12.8. The second-order valence-corrected chi connectivity index (χ2v) is 9.18. The van der Waals surface area contributed by atoms with Gasteiger partial charge in [0.05, 0.1) is 0 Å². The maximum absolute atomic E-state index is 11.8. The zero-order valence-electron chi connectivity index (χ0n) is 20.0. The molecule has 0 unspecified atom stereocenters. The highest BCUT2D eigenvalue weighted by Gasteiger charge is 2.11. The number of nitrogens with one attached hydrogen (secondary N) is 2. The highest BCUT2D eigenvalue weighted by atomic mass is 32.2. The van der Waals surface area contributed by atoms with Gasteiger partial charge in [-0.3, -0.25) is 28.6 Å². The Morgan fingerprint density at radius 2 is 0.763 bits per heavy atom. The van der Waals surface area contributed by atoms with Crippen molar-refractivity contribution in [2.24, 2.45) is 0 Å². The summed E-state index contributed by atoms with van der Waals surface area (Å²) < 4.78 is 5.01. The van der Waals surface area contributed by atoms with E-state index >= 15 is 0 Å². The number of amides is 2. The van der Waals surface area contributed by atoms with E-state index in [0.717, 1.165) is 23.9 Å².